The molecule has 17 heavy (non-hydrogen) atoms. The van der Waals surface area contributed by atoms with Crippen LogP contribution in [0.3, 0.4) is 0 Å². The van der Waals surface area contributed by atoms with E-state index in [2.05, 4.69) is 0 Å². The molecule has 0 aromatic heterocycles. The molecule has 5 heteroatoms. The molecule has 3 nitrogen and oxygen atoms in total. The summed E-state index contributed by atoms with van der Waals surface area (Å²) >= 11 is 0. The molecule has 0 spiro atoms. The first kappa shape index (κ1) is 13.7. The van der Waals surface area contributed by atoms with Crippen molar-refractivity contribution in [2.75, 3.05) is 30.3 Å². The van der Waals surface area contributed by atoms with E-state index in [1.807, 2.05) is 11.8 Å². The lowest BCUT2D eigenvalue weighted by molar-refractivity contribution is 0.151. The molecule has 0 aliphatic carbocycles. The number of hydrogen-bond donors (Lipinski definition) is 2. The second-order valence-corrected chi connectivity index (χ2v) is 3.78. The van der Waals surface area contributed by atoms with Crippen LogP contribution >= 0.6 is 0 Å². The minimum Gasteiger partial charge on any atom is -0.397 e. The van der Waals surface area contributed by atoms with E-state index >= 15 is 0 Å². The van der Waals surface area contributed by atoms with Gasteiger partial charge in [0.05, 0.1) is 11.4 Å². The Balaban J connectivity index is 2.88. The summed E-state index contributed by atoms with van der Waals surface area (Å²) in [7, 11) is 0. The molecule has 0 aliphatic rings. The Morgan fingerprint density at radius 2 is 2.12 bits per heavy atom. The zero-order chi connectivity index (χ0) is 12.8. The third-order valence-electron chi connectivity index (χ3n) is 2.61. The molecule has 1 aromatic carbocycles. The van der Waals surface area contributed by atoms with Crippen LogP contribution < -0.4 is 10.6 Å². The quantitative estimate of drug-likeness (QED) is 0.755. The van der Waals surface area contributed by atoms with Crippen LogP contribution in [-0.2, 0) is 0 Å². The van der Waals surface area contributed by atoms with Gasteiger partial charge in [0.15, 0.2) is 0 Å². The number of benzene rings is 1. The average molecular weight is 244 g/mol. The largest absolute Gasteiger partial charge is 0.397 e. The van der Waals surface area contributed by atoms with Gasteiger partial charge < -0.3 is 15.7 Å². The molecule has 0 bridgehead atoms. The van der Waals surface area contributed by atoms with E-state index in [9.17, 15) is 8.78 Å². The SMILES string of the molecule is CCN(CCCO)c1ccc(C(F)F)cc1N. The van der Waals surface area contributed by atoms with E-state index in [1.54, 1.807) is 6.07 Å². The number of anilines is 2. The average Bonchev–Trinajstić information content (AvgIpc) is 2.31. The fourth-order valence-corrected chi connectivity index (χ4v) is 1.71. The first-order chi connectivity index (χ1) is 8.10. The first-order valence-corrected chi connectivity index (χ1v) is 5.63. The lowest BCUT2D eigenvalue weighted by Crippen LogP contribution is -2.25. The molecule has 0 unspecified atom stereocenters. The van der Waals surface area contributed by atoms with Crippen molar-refractivity contribution >= 4 is 11.4 Å². The van der Waals surface area contributed by atoms with Crippen LogP contribution in [0.1, 0.15) is 25.3 Å². The van der Waals surface area contributed by atoms with Gasteiger partial charge >= 0.3 is 0 Å². The number of nitrogens with zero attached hydrogens (tertiary/aromatic N) is 1. The molecule has 1 rings (SSSR count). The van der Waals surface area contributed by atoms with Crippen LogP contribution in [-0.4, -0.2) is 24.8 Å². The van der Waals surface area contributed by atoms with Crippen LogP contribution in [0.4, 0.5) is 20.2 Å². The molecule has 0 fully saturated rings. The highest BCUT2D eigenvalue weighted by Crippen LogP contribution is 2.28. The summed E-state index contributed by atoms with van der Waals surface area (Å²) in [5.74, 6) is 0. The highest BCUT2D eigenvalue weighted by Gasteiger charge is 2.12. The van der Waals surface area contributed by atoms with E-state index in [0.29, 0.717) is 18.7 Å². The molecular weight excluding hydrogens is 226 g/mol. The maximum Gasteiger partial charge on any atom is 0.263 e. The van der Waals surface area contributed by atoms with Crippen LogP contribution in [0.5, 0.6) is 0 Å². The van der Waals surface area contributed by atoms with Gasteiger partial charge in [-0.05, 0) is 25.5 Å². The summed E-state index contributed by atoms with van der Waals surface area (Å²) in [6.45, 7) is 3.44. The number of hydrogen-bond acceptors (Lipinski definition) is 3. The van der Waals surface area contributed by atoms with Gasteiger partial charge in [-0.1, -0.05) is 6.07 Å². The van der Waals surface area contributed by atoms with Crippen LogP contribution in [0.15, 0.2) is 18.2 Å². The maximum absolute atomic E-state index is 12.5. The summed E-state index contributed by atoms with van der Waals surface area (Å²) in [5.41, 5.74) is 6.80. The van der Waals surface area contributed by atoms with E-state index < -0.39 is 6.43 Å². The first-order valence-electron chi connectivity index (χ1n) is 5.63. The Morgan fingerprint density at radius 3 is 2.59 bits per heavy atom. The van der Waals surface area contributed by atoms with Crippen LogP contribution in [0.25, 0.3) is 0 Å². The van der Waals surface area contributed by atoms with Gasteiger partial charge in [-0.15, -0.1) is 0 Å². The van der Waals surface area contributed by atoms with Crippen LogP contribution in [0.2, 0.25) is 0 Å². The van der Waals surface area contributed by atoms with Gasteiger partial charge in [0.1, 0.15) is 0 Å². The minimum atomic E-state index is -2.50. The Hall–Kier alpha value is -1.36. The molecule has 0 radical (unpaired) electrons. The van der Waals surface area contributed by atoms with Crippen molar-refractivity contribution < 1.29 is 13.9 Å². The summed E-state index contributed by atoms with van der Waals surface area (Å²) in [6, 6.07) is 4.30. The van der Waals surface area contributed by atoms with Gasteiger partial charge in [0, 0.05) is 25.3 Å². The van der Waals surface area contributed by atoms with Crippen molar-refractivity contribution in [2.45, 2.75) is 19.8 Å². The fraction of sp³-hybridized carbons (Fsp3) is 0.500. The van der Waals surface area contributed by atoms with Crippen molar-refractivity contribution in [1.29, 1.82) is 0 Å². The topological polar surface area (TPSA) is 49.5 Å². The van der Waals surface area contributed by atoms with Gasteiger partial charge in [-0.3, -0.25) is 0 Å². The number of nitrogens with two attached hydrogens (primary N) is 1. The van der Waals surface area contributed by atoms with Gasteiger partial charge in [0.2, 0.25) is 0 Å². The summed E-state index contributed by atoms with van der Waals surface area (Å²) in [6.07, 6.45) is -1.87. The van der Waals surface area contributed by atoms with Crippen molar-refractivity contribution in [3.63, 3.8) is 0 Å². The second kappa shape index (κ2) is 6.39. The maximum atomic E-state index is 12.5. The normalized spacial score (nSPS) is 10.9. The molecule has 96 valence electrons. The smallest absolute Gasteiger partial charge is 0.263 e. The van der Waals surface area contributed by atoms with Crippen molar-refractivity contribution in [3.8, 4) is 0 Å². The molecule has 3 N–H and O–H groups in total. The van der Waals surface area contributed by atoms with Gasteiger partial charge in [0.25, 0.3) is 6.43 Å². The Kier molecular flexibility index (Phi) is 5.15. The fourth-order valence-electron chi connectivity index (χ4n) is 1.71. The van der Waals surface area contributed by atoms with Crippen molar-refractivity contribution in [3.05, 3.63) is 23.8 Å². The van der Waals surface area contributed by atoms with Crippen molar-refractivity contribution in [2.24, 2.45) is 0 Å². The number of rotatable bonds is 6. The number of alkyl halides is 2. The minimum absolute atomic E-state index is 0.0653. The predicted molar refractivity (Wildman–Crippen MR) is 65.4 cm³/mol. The zero-order valence-corrected chi connectivity index (χ0v) is 9.87. The molecule has 0 atom stereocenters. The highest BCUT2D eigenvalue weighted by atomic mass is 19.3. The summed E-state index contributed by atoms with van der Waals surface area (Å²) in [5, 5.41) is 8.79. The summed E-state index contributed by atoms with van der Waals surface area (Å²) in [4.78, 5) is 1.96. The van der Waals surface area contributed by atoms with E-state index in [-0.39, 0.29) is 12.2 Å². The third-order valence-corrected chi connectivity index (χ3v) is 2.61. The van der Waals surface area contributed by atoms with E-state index in [1.165, 1.54) is 12.1 Å². The molecule has 0 heterocycles. The van der Waals surface area contributed by atoms with Gasteiger partial charge in [-0.25, -0.2) is 8.78 Å². The lowest BCUT2D eigenvalue weighted by atomic mass is 10.1. The Morgan fingerprint density at radius 1 is 1.41 bits per heavy atom. The van der Waals surface area contributed by atoms with Crippen molar-refractivity contribution in [1.82, 2.24) is 0 Å². The van der Waals surface area contributed by atoms with E-state index in [4.69, 9.17) is 10.8 Å². The summed E-state index contributed by atoms with van der Waals surface area (Å²) < 4.78 is 24.9. The molecule has 0 saturated carbocycles. The number of nitrogen functional groups attached to an aromatic ring is 1. The zero-order valence-electron chi connectivity index (χ0n) is 9.87. The predicted octanol–water partition coefficient (Wildman–Crippen LogP) is 2.42. The number of aliphatic hydroxyl groups excluding tert-OH is 1. The Labute approximate surface area is 99.8 Å². The number of halogens is 2. The third kappa shape index (κ3) is 3.56. The monoisotopic (exact) mass is 244 g/mol. The lowest BCUT2D eigenvalue weighted by Gasteiger charge is -2.24. The molecule has 1 aromatic rings. The van der Waals surface area contributed by atoms with E-state index in [0.717, 1.165) is 12.2 Å². The number of aliphatic hydroxyl groups is 1. The van der Waals surface area contributed by atoms with Gasteiger partial charge in [-0.2, -0.15) is 0 Å². The van der Waals surface area contributed by atoms with Crippen LogP contribution in [0, 0.1) is 0 Å². The molecule has 0 saturated heterocycles. The molecule has 0 aliphatic heterocycles. The highest BCUT2D eigenvalue weighted by molar-refractivity contribution is 5.68. The second-order valence-electron chi connectivity index (χ2n) is 3.78. The molecular formula is C12H18F2N2O. The standard InChI is InChI=1S/C12H18F2N2O/c1-2-16(6-3-7-17)11-5-4-9(12(13)14)8-10(11)15/h4-5,8,12,17H,2-3,6-7,15H2,1H3. The molecule has 0 amide bonds. The Bertz CT molecular complexity index is 358.